The van der Waals surface area contributed by atoms with Crippen molar-refractivity contribution in [3.8, 4) is 0 Å². The highest BCUT2D eigenvalue weighted by Gasteiger charge is 2.30. The first-order valence-corrected chi connectivity index (χ1v) is 6.83. The molecule has 1 unspecified atom stereocenters. The van der Waals surface area contributed by atoms with Gasteiger partial charge in [-0.25, -0.2) is 4.39 Å². The molecule has 0 saturated carbocycles. The number of aliphatic carboxylic acids is 1. The maximum absolute atomic E-state index is 13.0. The van der Waals surface area contributed by atoms with E-state index >= 15 is 0 Å². The number of methoxy groups -OCH3 is 1. The van der Waals surface area contributed by atoms with Crippen molar-refractivity contribution in [1.29, 1.82) is 0 Å². The molecular weight excluding hydrogens is 380 g/mol. The molecule has 110 valence electrons. The molecule has 0 aromatic heterocycles. The summed E-state index contributed by atoms with van der Waals surface area (Å²) < 4.78 is 18.4. The van der Waals surface area contributed by atoms with Crippen LogP contribution in [0.25, 0.3) is 0 Å². The fourth-order valence-electron chi connectivity index (χ4n) is 1.80. The van der Waals surface area contributed by atoms with Gasteiger partial charge in [-0.3, -0.25) is 9.59 Å². The number of benzene rings is 1. The topological polar surface area (TPSA) is 75.6 Å². The molecule has 0 heterocycles. The Balaban J connectivity index is 2.93. The molecule has 2 N–H and O–H groups in total. The summed E-state index contributed by atoms with van der Waals surface area (Å²) in [4.78, 5) is 23.0. The predicted octanol–water partition coefficient (Wildman–Crippen LogP) is 2.04. The Morgan fingerprint density at radius 1 is 1.50 bits per heavy atom. The average Bonchev–Trinajstić information content (AvgIpc) is 2.26. The third-order valence-corrected chi connectivity index (χ3v) is 3.49. The van der Waals surface area contributed by atoms with Crippen LogP contribution in [-0.4, -0.2) is 36.2 Å². The van der Waals surface area contributed by atoms with Gasteiger partial charge in [0.15, 0.2) is 0 Å². The minimum absolute atomic E-state index is 0.0583. The zero-order chi connectivity index (χ0) is 15.3. The summed E-state index contributed by atoms with van der Waals surface area (Å²) in [5, 5.41) is 11.5. The van der Waals surface area contributed by atoms with E-state index in [1.54, 1.807) is 6.92 Å². The Bertz CT molecular complexity index is 523. The Morgan fingerprint density at radius 2 is 2.15 bits per heavy atom. The molecule has 0 aliphatic rings. The van der Waals surface area contributed by atoms with Crippen molar-refractivity contribution < 1.29 is 23.8 Å². The van der Waals surface area contributed by atoms with Crippen LogP contribution >= 0.6 is 22.6 Å². The van der Waals surface area contributed by atoms with Crippen molar-refractivity contribution in [2.75, 3.05) is 13.7 Å². The van der Waals surface area contributed by atoms with Gasteiger partial charge in [0.05, 0.1) is 24.1 Å². The van der Waals surface area contributed by atoms with Gasteiger partial charge < -0.3 is 15.2 Å². The number of carboxylic acids is 1. The van der Waals surface area contributed by atoms with Gasteiger partial charge in [0.25, 0.3) is 5.91 Å². The monoisotopic (exact) mass is 395 g/mol. The average molecular weight is 395 g/mol. The normalized spacial score (nSPS) is 13.6. The van der Waals surface area contributed by atoms with E-state index in [4.69, 9.17) is 9.84 Å². The summed E-state index contributed by atoms with van der Waals surface area (Å²) in [6.07, 6.45) is -0.273. The van der Waals surface area contributed by atoms with Crippen molar-refractivity contribution in [2.45, 2.75) is 18.9 Å². The summed E-state index contributed by atoms with van der Waals surface area (Å²) >= 11 is 1.85. The number of nitrogens with one attached hydrogen (secondary N) is 1. The van der Waals surface area contributed by atoms with Gasteiger partial charge in [0, 0.05) is 10.7 Å². The van der Waals surface area contributed by atoms with Crippen LogP contribution in [0.2, 0.25) is 0 Å². The van der Waals surface area contributed by atoms with E-state index < -0.39 is 23.2 Å². The third-order valence-electron chi connectivity index (χ3n) is 2.60. The van der Waals surface area contributed by atoms with E-state index in [9.17, 15) is 14.0 Å². The van der Waals surface area contributed by atoms with Crippen LogP contribution in [-0.2, 0) is 9.53 Å². The number of rotatable bonds is 6. The second-order valence-corrected chi connectivity index (χ2v) is 5.80. The van der Waals surface area contributed by atoms with Crippen molar-refractivity contribution in [3.63, 3.8) is 0 Å². The van der Waals surface area contributed by atoms with Crippen LogP contribution in [0.4, 0.5) is 4.39 Å². The summed E-state index contributed by atoms with van der Waals surface area (Å²) in [6, 6.07) is 3.78. The van der Waals surface area contributed by atoms with E-state index in [1.165, 1.54) is 25.3 Å². The molecule has 0 bridgehead atoms. The highest BCUT2D eigenvalue weighted by molar-refractivity contribution is 14.1. The zero-order valence-corrected chi connectivity index (χ0v) is 13.2. The van der Waals surface area contributed by atoms with Gasteiger partial charge in [0.2, 0.25) is 0 Å². The lowest BCUT2D eigenvalue weighted by atomic mass is 9.98. The first-order chi connectivity index (χ1) is 9.27. The first-order valence-electron chi connectivity index (χ1n) is 5.76. The lowest BCUT2D eigenvalue weighted by molar-refractivity contribution is -0.139. The molecule has 1 aromatic rings. The Labute approximate surface area is 129 Å². The number of carbonyl (C=O) groups is 2. The number of halogens is 2. The number of carbonyl (C=O) groups excluding carboxylic acids is 1. The van der Waals surface area contributed by atoms with Crippen LogP contribution in [0, 0.1) is 9.39 Å². The Morgan fingerprint density at radius 3 is 2.65 bits per heavy atom. The van der Waals surface area contributed by atoms with E-state index in [0.717, 1.165) is 0 Å². The quantitative estimate of drug-likeness (QED) is 0.724. The standard InChI is InChI=1S/C13H15FINO4/c1-13(7-20-2,6-11(17)18)16-12(19)9-4-3-8(14)5-10(9)15/h3-5H,6-7H2,1-2H3,(H,16,19)(H,17,18). The number of ether oxygens (including phenoxy) is 1. The van der Waals surface area contributed by atoms with Gasteiger partial charge in [0.1, 0.15) is 5.82 Å². The van der Waals surface area contributed by atoms with Crippen LogP contribution in [0.1, 0.15) is 23.7 Å². The smallest absolute Gasteiger partial charge is 0.305 e. The second kappa shape index (κ2) is 6.98. The van der Waals surface area contributed by atoms with Gasteiger partial charge in [-0.1, -0.05) is 0 Å². The molecule has 0 spiro atoms. The van der Waals surface area contributed by atoms with Crippen LogP contribution in [0.5, 0.6) is 0 Å². The van der Waals surface area contributed by atoms with Crippen molar-refractivity contribution in [2.24, 2.45) is 0 Å². The molecule has 1 aromatic carbocycles. The lowest BCUT2D eigenvalue weighted by Crippen LogP contribution is -2.50. The van der Waals surface area contributed by atoms with Crippen molar-refractivity contribution >= 4 is 34.5 Å². The minimum atomic E-state index is -1.04. The lowest BCUT2D eigenvalue weighted by Gasteiger charge is -2.28. The Kier molecular flexibility index (Phi) is 5.88. The van der Waals surface area contributed by atoms with Crippen LogP contribution in [0.15, 0.2) is 18.2 Å². The fourth-order valence-corrected chi connectivity index (χ4v) is 2.52. The molecule has 0 aliphatic carbocycles. The number of carboxylic acid groups (broad SMARTS) is 1. The molecule has 1 atom stereocenters. The molecule has 1 amide bonds. The van der Waals surface area contributed by atoms with Gasteiger partial charge >= 0.3 is 5.97 Å². The molecular formula is C13H15FINO4. The molecule has 5 nitrogen and oxygen atoms in total. The minimum Gasteiger partial charge on any atom is -0.481 e. The largest absolute Gasteiger partial charge is 0.481 e. The second-order valence-electron chi connectivity index (χ2n) is 4.64. The molecule has 0 saturated heterocycles. The highest BCUT2D eigenvalue weighted by Crippen LogP contribution is 2.17. The van der Waals surface area contributed by atoms with E-state index in [0.29, 0.717) is 9.13 Å². The molecule has 0 fully saturated rings. The van der Waals surface area contributed by atoms with Crippen molar-refractivity contribution in [1.82, 2.24) is 5.32 Å². The summed E-state index contributed by atoms with van der Waals surface area (Å²) in [6.45, 7) is 1.64. The van der Waals surface area contributed by atoms with Gasteiger partial charge in [-0.2, -0.15) is 0 Å². The maximum atomic E-state index is 13.0. The molecule has 0 radical (unpaired) electrons. The van der Waals surface area contributed by atoms with Gasteiger partial charge in [-0.05, 0) is 47.7 Å². The molecule has 7 heteroatoms. The number of amides is 1. The van der Waals surface area contributed by atoms with E-state index in [-0.39, 0.29) is 13.0 Å². The fraction of sp³-hybridized carbons (Fsp3) is 0.385. The van der Waals surface area contributed by atoms with Crippen LogP contribution < -0.4 is 5.32 Å². The Hall–Kier alpha value is -1.22. The van der Waals surface area contributed by atoms with Gasteiger partial charge in [-0.15, -0.1) is 0 Å². The number of hydrogen-bond donors (Lipinski definition) is 2. The molecule has 1 rings (SSSR count). The van der Waals surface area contributed by atoms with Crippen LogP contribution in [0.3, 0.4) is 0 Å². The first kappa shape index (κ1) is 16.8. The predicted molar refractivity (Wildman–Crippen MR) is 79.1 cm³/mol. The van der Waals surface area contributed by atoms with Crippen molar-refractivity contribution in [3.05, 3.63) is 33.1 Å². The SMILES string of the molecule is COCC(C)(CC(=O)O)NC(=O)c1ccc(F)cc1I. The third kappa shape index (κ3) is 4.71. The molecule has 20 heavy (non-hydrogen) atoms. The highest BCUT2D eigenvalue weighted by atomic mass is 127. The summed E-state index contributed by atoms with van der Waals surface area (Å²) in [5.41, 5.74) is -0.741. The van der Waals surface area contributed by atoms with E-state index in [1.807, 2.05) is 22.6 Å². The van der Waals surface area contributed by atoms with E-state index in [2.05, 4.69) is 5.32 Å². The molecule has 0 aliphatic heterocycles. The summed E-state index contributed by atoms with van der Waals surface area (Å²) in [7, 11) is 1.42. The summed E-state index contributed by atoms with van der Waals surface area (Å²) in [5.74, 6) is -1.94. The maximum Gasteiger partial charge on any atom is 0.305 e. The zero-order valence-electron chi connectivity index (χ0n) is 11.1. The number of hydrogen-bond acceptors (Lipinski definition) is 3.